The molecular formula is C17H23BrN2O2. The molecule has 120 valence electrons. The Balaban J connectivity index is 1.81. The molecule has 0 radical (unpaired) electrons. The van der Waals surface area contributed by atoms with E-state index in [2.05, 4.69) is 28.2 Å². The van der Waals surface area contributed by atoms with Gasteiger partial charge in [-0.1, -0.05) is 35.0 Å². The summed E-state index contributed by atoms with van der Waals surface area (Å²) in [5, 5.41) is 2.75. The molecule has 1 unspecified atom stereocenters. The molecule has 0 aliphatic carbocycles. The van der Waals surface area contributed by atoms with Gasteiger partial charge in [-0.2, -0.15) is 0 Å². The highest BCUT2D eigenvalue weighted by Crippen LogP contribution is 2.19. The fraction of sp³-hybridized carbons (Fsp3) is 0.529. The molecule has 1 saturated heterocycles. The van der Waals surface area contributed by atoms with E-state index in [0.29, 0.717) is 12.5 Å². The van der Waals surface area contributed by atoms with E-state index >= 15 is 0 Å². The Hall–Kier alpha value is -1.36. The van der Waals surface area contributed by atoms with Gasteiger partial charge in [0.25, 0.3) is 0 Å². The van der Waals surface area contributed by atoms with Crippen molar-refractivity contribution in [2.24, 2.45) is 0 Å². The number of amides is 2. The van der Waals surface area contributed by atoms with Crippen molar-refractivity contribution in [2.75, 3.05) is 13.1 Å². The van der Waals surface area contributed by atoms with E-state index in [0.717, 1.165) is 35.8 Å². The zero-order valence-corrected chi connectivity index (χ0v) is 14.6. The third-order valence-electron chi connectivity index (χ3n) is 4.11. The Morgan fingerprint density at radius 1 is 1.36 bits per heavy atom. The van der Waals surface area contributed by atoms with Gasteiger partial charge >= 0.3 is 0 Å². The zero-order chi connectivity index (χ0) is 15.9. The van der Waals surface area contributed by atoms with Crippen LogP contribution in [0, 0.1) is 0 Å². The van der Waals surface area contributed by atoms with Gasteiger partial charge in [0, 0.05) is 17.1 Å². The van der Waals surface area contributed by atoms with Crippen molar-refractivity contribution in [1.82, 2.24) is 10.2 Å². The van der Waals surface area contributed by atoms with Gasteiger partial charge in [0.05, 0.1) is 13.0 Å². The number of carbonyl (C=O) groups is 2. The molecule has 2 amide bonds. The van der Waals surface area contributed by atoms with Crippen LogP contribution in [0.15, 0.2) is 28.7 Å². The number of piperidine rings is 1. The van der Waals surface area contributed by atoms with Crippen molar-refractivity contribution in [2.45, 2.75) is 45.1 Å². The molecule has 0 bridgehead atoms. The molecule has 1 aromatic carbocycles. The quantitative estimate of drug-likeness (QED) is 0.870. The van der Waals surface area contributed by atoms with E-state index in [1.54, 1.807) is 0 Å². The van der Waals surface area contributed by atoms with Gasteiger partial charge in [-0.3, -0.25) is 9.59 Å². The highest BCUT2D eigenvalue weighted by Gasteiger charge is 2.25. The topological polar surface area (TPSA) is 49.4 Å². The minimum Gasteiger partial charge on any atom is -0.347 e. The van der Waals surface area contributed by atoms with Crippen molar-refractivity contribution >= 4 is 27.7 Å². The summed E-state index contributed by atoms with van der Waals surface area (Å²) in [6, 6.07) is 7.98. The number of nitrogens with zero attached hydrogens (tertiary/aromatic N) is 1. The van der Waals surface area contributed by atoms with Crippen LogP contribution in [-0.2, 0) is 16.0 Å². The van der Waals surface area contributed by atoms with Crippen LogP contribution in [0.5, 0.6) is 0 Å². The van der Waals surface area contributed by atoms with Crippen molar-refractivity contribution < 1.29 is 9.59 Å². The molecule has 1 fully saturated rings. The first kappa shape index (κ1) is 17.0. The van der Waals surface area contributed by atoms with Gasteiger partial charge in [-0.05, 0) is 43.4 Å². The minimum atomic E-state index is -0.114. The summed E-state index contributed by atoms with van der Waals surface area (Å²) in [5.74, 6) is -0.0781. The van der Waals surface area contributed by atoms with Gasteiger partial charge in [0.15, 0.2) is 0 Å². The van der Waals surface area contributed by atoms with Crippen LogP contribution in [0.4, 0.5) is 0 Å². The Kier molecular flexibility index (Phi) is 6.43. The van der Waals surface area contributed by atoms with Crippen molar-refractivity contribution in [3.8, 4) is 0 Å². The highest BCUT2D eigenvalue weighted by atomic mass is 79.9. The Labute approximate surface area is 140 Å². The predicted molar refractivity (Wildman–Crippen MR) is 90.5 cm³/mol. The standard InChI is InChI=1S/C17H23BrN2O2/c1-2-15-8-3-4-9-20(15)17(22)12-19-16(21)11-13-6-5-7-14(18)10-13/h5-7,10,15H,2-4,8-9,11-12H2,1H3,(H,19,21). The maximum absolute atomic E-state index is 12.3. The molecule has 0 aromatic heterocycles. The van der Waals surface area contributed by atoms with E-state index in [-0.39, 0.29) is 18.4 Å². The number of hydrogen-bond donors (Lipinski definition) is 1. The second kappa shape index (κ2) is 8.32. The highest BCUT2D eigenvalue weighted by molar-refractivity contribution is 9.10. The fourth-order valence-electron chi connectivity index (χ4n) is 2.92. The summed E-state index contributed by atoms with van der Waals surface area (Å²) in [4.78, 5) is 26.2. The van der Waals surface area contributed by atoms with Crippen LogP contribution in [0.2, 0.25) is 0 Å². The first-order chi connectivity index (χ1) is 10.6. The van der Waals surface area contributed by atoms with Gasteiger partial charge in [0.2, 0.25) is 11.8 Å². The lowest BCUT2D eigenvalue weighted by Crippen LogP contribution is -2.47. The van der Waals surface area contributed by atoms with E-state index in [4.69, 9.17) is 0 Å². The zero-order valence-electron chi connectivity index (χ0n) is 13.0. The number of hydrogen-bond acceptors (Lipinski definition) is 2. The SMILES string of the molecule is CCC1CCCCN1C(=O)CNC(=O)Cc1cccc(Br)c1. The molecule has 1 heterocycles. The molecule has 0 saturated carbocycles. The van der Waals surface area contributed by atoms with Crippen LogP contribution < -0.4 is 5.32 Å². The van der Waals surface area contributed by atoms with Crippen LogP contribution >= 0.6 is 15.9 Å². The third-order valence-corrected chi connectivity index (χ3v) is 4.60. The minimum absolute atomic E-state index is 0.0362. The summed E-state index contributed by atoms with van der Waals surface area (Å²) < 4.78 is 0.952. The molecular weight excluding hydrogens is 344 g/mol. The summed E-state index contributed by atoms with van der Waals surface area (Å²) in [6.45, 7) is 3.03. The molecule has 1 aliphatic heterocycles. The summed E-state index contributed by atoms with van der Waals surface area (Å²) in [7, 11) is 0. The number of rotatable bonds is 5. The average molecular weight is 367 g/mol. The smallest absolute Gasteiger partial charge is 0.242 e. The Morgan fingerprint density at radius 2 is 2.18 bits per heavy atom. The first-order valence-corrected chi connectivity index (χ1v) is 8.70. The van der Waals surface area contributed by atoms with Crippen LogP contribution in [0.1, 0.15) is 38.2 Å². The van der Waals surface area contributed by atoms with Crippen molar-refractivity contribution in [3.63, 3.8) is 0 Å². The van der Waals surface area contributed by atoms with E-state index < -0.39 is 0 Å². The number of nitrogens with one attached hydrogen (secondary N) is 1. The van der Waals surface area contributed by atoms with E-state index in [9.17, 15) is 9.59 Å². The predicted octanol–water partition coefficient (Wildman–Crippen LogP) is 2.90. The molecule has 4 nitrogen and oxygen atoms in total. The van der Waals surface area contributed by atoms with Gasteiger partial charge < -0.3 is 10.2 Å². The number of likely N-dealkylation sites (tertiary alicyclic amines) is 1. The molecule has 1 N–H and O–H groups in total. The molecule has 2 rings (SSSR count). The van der Waals surface area contributed by atoms with Crippen molar-refractivity contribution in [1.29, 1.82) is 0 Å². The second-order valence-corrected chi connectivity index (χ2v) is 6.64. The molecule has 0 spiro atoms. The lowest BCUT2D eigenvalue weighted by atomic mass is 10.00. The van der Waals surface area contributed by atoms with E-state index in [1.807, 2.05) is 29.2 Å². The third kappa shape index (κ3) is 4.83. The van der Waals surface area contributed by atoms with Crippen LogP contribution in [-0.4, -0.2) is 35.8 Å². The first-order valence-electron chi connectivity index (χ1n) is 7.90. The maximum atomic E-state index is 12.3. The molecule has 1 aromatic rings. The molecule has 22 heavy (non-hydrogen) atoms. The van der Waals surface area contributed by atoms with Crippen LogP contribution in [0.25, 0.3) is 0 Å². The fourth-order valence-corrected chi connectivity index (χ4v) is 3.37. The lowest BCUT2D eigenvalue weighted by Gasteiger charge is -2.35. The Bertz CT molecular complexity index is 533. The molecule has 5 heteroatoms. The van der Waals surface area contributed by atoms with E-state index in [1.165, 1.54) is 6.42 Å². The van der Waals surface area contributed by atoms with Gasteiger partial charge in [-0.25, -0.2) is 0 Å². The average Bonchev–Trinajstić information content (AvgIpc) is 2.52. The lowest BCUT2D eigenvalue weighted by molar-refractivity contribution is -0.135. The number of benzene rings is 1. The van der Waals surface area contributed by atoms with Crippen molar-refractivity contribution in [3.05, 3.63) is 34.3 Å². The van der Waals surface area contributed by atoms with Gasteiger partial charge in [0.1, 0.15) is 0 Å². The largest absolute Gasteiger partial charge is 0.347 e. The summed E-state index contributed by atoms with van der Waals surface area (Å²) in [5.41, 5.74) is 0.934. The number of carbonyl (C=O) groups excluding carboxylic acids is 2. The second-order valence-electron chi connectivity index (χ2n) is 5.73. The molecule has 1 aliphatic rings. The summed E-state index contributed by atoms with van der Waals surface area (Å²) in [6.07, 6.45) is 4.61. The Morgan fingerprint density at radius 3 is 2.91 bits per heavy atom. The van der Waals surface area contributed by atoms with Gasteiger partial charge in [-0.15, -0.1) is 0 Å². The van der Waals surface area contributed by atoms with Crippen LogP contribution in [0.3, 0.4) is 0 Å². The molecule has 1 atom stereocenters. The monoisotopic (exact) mass is 366 g/mol. The normalized spacial score (nSPS) is 18.1. The maximum Gasteiger partial charge on any atom is 0.242 e. The summed E-state index contributed by atoms with van der Waals surface area (Å²) >= 11 is 3.39. The number of halogens is 1.